The number of aromatic nitrogens is 2. The summed E-state index contributed by atoms with van der Waals surface area (Å²) in [6.07, 6.45) is 3.75. The lowest BCUT2D eigenvalue weighted by Gasteiger charge is -2.12. The predicted molar refractivity (Wildman–Crippen MR) is 89.4 cm³/mol. The van der Waals surface area contributed by atoms with Gasteiger partial charge in [-0.3, -0.25) is 9.36 Å². The lowest BCUT2D eigenvalue weighted by molar-refractivity contribution is 0.565. The molecule has 0 spiro atoms. The van der Waals surface area contributed by atoms with Crippen LogP contribution in [-0.4, -0.2) is 21.1 Å². The van der Waals surface area contributed by atoms with E-state index >= 15 is 0 Å². The number of nitrogens with zero attached hydrogens (tertiary/aromatic N) is 2. The maximum absolute atomic E-state index is 12.7. The van der Waals surface area contributed by atoms with E-state index in [-0.39, 0.29) is 5.56 Å². The maximum Gasteiger partial charge on any atom is 0.268 e. The molecule has 1 aromatic carbocycles. The topological polar surface area (TPSA) is 34.9 Å². The third kappa shape index (κ3) is 3.04. The standard InChI is InChI=1S/C16H18N2OS2/c1-11-10-13-14(21-11)15(19)18(16(17-13)20-2)9-8-12-6-4-3-5-7-12/h3-7,11H,8-10H2,1-2H3. The molecule has 110 valence electrons. The number of hydrogen-bond acceptors (Lipinski definition) is 4. The van der Waals surface area contributed by atoms with E-state index in [4.69, 9.17) is 4.98 Å². The van der Waals surface area contributed by atoms with E-state index < -0.39 is 0 Å². The van der Waals surface area contributed by atoms with Gasteiger partial charge in [0.15, 0.2) is 5.16 Å². The van der Waals surface area contributed by atoms with Gasteiger partial charge in [0.2, 0.25) is 0 Å². The molecule has 0 radical (unpaired) electrons. The molecular weight excluding hydrogens is 300 g/mol. The molecule has 0 aliphatic carbocycles. The van der Waals surface area contributed by atoms with Crippen LogP contribution < -0.4 is 5.56 Å². The molecule has 3 rings (SSSR count). The molecule has 5 heteroatoms. The van der Waals surface area contributed by atoms with E-state index in [0.717, 1.165) is 28.6 Å². The minimum absolute atomic E-state index is 0.134. The zero-order valence-electron chi connectivity index (χ0n) is 12.2. The van der Waals surface area contributed by atoms with Crippen molar-refractivity contribution < 1.29 is 0 Å². The molecule has 0 N–H and O–H groups in total. The largest absolute Gasteiger partial charge is 0.286 e. The second kappa shape index (κ2) is 6.28. The lowest BCUT2D eigenvalue weighted by Crippen LogP contribution is -2.26. The summed E-state index contributed by atoms with van der Waals surface area (Å²) in [5, 5.41) is 1.30. The highest BCUT2D eigenvalue weighted by Gasteiger charge is 2.25. The quantitative estimate of drug-likeness (QED) is 0.640. The molecule has 1 aliphatic heterocycles. The number of thioether (sulfide) groups is 2. The van der Waals surface area contributed by atoms with Crippen LogP contribution in [0.5, 0.6) is 0 Å². The molecule has 0 saturated carbocycles. The minimum Gasteiger partial charge on any atom is -0.286 e. The Kier molecular flexibility index (Phi) is 4.40. The van der Waals surface area contributed by atoms with Gasteiger partial charge in [0, 0.05) is 18.2 Å². The lowest BCUT2D eigenvalue weighted by atomic mass is 10.1. The summed E-state index contributed by atoms with van der Waals surface area (Å²) in [4.78, 5) is 18.3. The Balaban J connectivity index is 1.91. The fourth-order valence-corrected chi connectivity index (χ4v) is 4.29. The molecule has 1 aliphatic rings. The normalized spacial score (nSPS) is 17.0. The van der Waals surface area contributed by atoms with Crippen molar-refractivity contribution in [2.75, 3.05) is 6.26 Å². The smallest absolute Gasteiger partial charge is 0.268 e. The average molecular weight is 318 g/mol. The van der Waals surface area contributed by atoms with Crippen molar-refractivity contribution in [1.29, 1.82) is 0 Å². The van der Waals surface area contributed by atoms with Crippen LogP contribution in [0.1, 0.15) is 18.2 Å². The van der Waals surface area contributed by atoms with Gasteiger partial charge in [0.25, 0.3) is 5.56 Å². The van der Waals surface area contributed by atoms with Crippen LogP contribution in [0.15, 0.2) is 45.2 Å². The predicted octanol–water partition coefficient (Wildman–Crippen LogP) is 3.24. The first-order chi connectivity index (χ1) is 10.2. The minimum atomic E-state index is 0.134. The van der Waals surface area contributed by atoms with Gasteiger partial charge in [0.05, 0.1) is 10.6 Å². The second-order valence-corrected chi connectivity index (χ2v) is 7.42. The Morgan fingerprint density at radius 1 is 1.38 bits per heavy atom. The van der Waals surface area contributed by atoms with Crippen molar-refractivity contribution in [2.24, 2.45) is 0 Å². The van der Waals surface area contributed by atoms with Gasteiger partial charge in [-0.2, -0.15) is 0 Å². The zero-order chi connectivity index (χ0) is 14.8. The molecule has 3 nitrogen and oxygen atoms in total. The molecule has 2 heterocycles. The average Bonchev–Trinajstić information content (AvgIpc) is 2.88. The summed E-state index contributed by atoms with van der Waals surface area (Å²) in [5.74, 6) is 0. The maximum atomic E-state index is 12.7. The molecule has 0 bridgehead atoms. The Labute approximate surface area is 133 Å². The van der Waals surface area contributed by atoms with Crippen molar-refractivity contribution in [3.05, 3.63) is 51.9 Å². The molecule has 0 saturated heterocycles. The number of aryl methyl sites for hydroxylation is 1. The van der Waals surface area contributed by atoms with Crippen LogP contribution in [0.2, 0.25) is 0 Å². The molecule has 0 amide bonds. The van der Waals surface area contributed by atoms with Crippen LogP contribution in [0.3, 0.4) is 0 Å². The van der Waals surface area contributed by atoms with Crippen LogP contribution in [-0.2, 0) is 19.4 Å². The summed E-state index contributed by atoms with van der Waals surface area (Å²) in [7, 11) is 0. The fraction of sp³-hybridized carbons (Fsp3) is 0.375. The number of fused-ring (bicyclic) bond motifs is 1. The molecule has 1 atom stereocenters. The fourth-order valence-electron chi connectivity index (χ4n) is 2.57. The Morgan fingerprint density at radius 3 is 2.86 bits per heavy atom. The first-order valence-electron chi connectivity index (χ1n) is 7.07. The van der Waals surface area contributed by atoms with Crippen LogP contribution in [0, 0.1) is 0 Å². The van der Waals surface area contributed by atoms with Crippen molar-refractivity contribution in [3.8, 4) is 0 Å². The van der Waals surface area contributed by atoms with E-state index in [9.17, 15) is 4.79 Å². The van der Waals surface area contributed by atoms with E-state index in [1.807, 2.05) is 29.0 Å². The van der Waals surface area contributed by atoms with Gasteiger partial charge < -0.3 is 0 Å². The molecule has 21 heavy (non-hydrogen) atoms. The van der Waals surface area contributed by atoms with E-state index in [1.54, 1.807) is 23.5 Å². The monoisotopic (exact) mass is 318 g/mol. The SMILES string of the molecule is CSc1nc2c(c(=O)n1CCc1ccccc1)SC(C)C2. The summed E-state index contributed by atoms with van der Waals surface area (Å²) in [6.45, 7) is 2.84. The van der Waals surface area contributed by atoms with Crippen molar-refractivity contribution in [3.63, 3.8) is 0 Å². The number of rotatable bonds is 4. The summed E-state index contributed by atoms with van der Waals surface area (Å²) >= 11 is 3.22. The van der Waals surface area contributed by atoms with Crippen molar-refractivity contribution in [2.45, 2.75) is 41.6 Å². The van der Waals surface area contributed by atoms with Crippen LogP contribution >= 0.6 is 23.5 Å². The van der Waals surface area contributed by atoms with E-state index in [1.165, 1.54) is 5.56 Å². The van der Waals surface area contributed by atoms with Gasteiger partial charge in [0.1, 0.15) is 0 Å². The highest BCUT2D eigenvalue weighted by molar-refractivity contribution is 8.00. The molecule has 1 aromatic heterocycles. The Bertz CT molecular complexity index is 697. The summed E-state index contributed by atoms with van der Waals surface area (Å²) < 4.78 is 1.83. The Morgan fingerprint density at radius 2 is 2.14 bits per heavy atom. The second-order valence-electron chi connectivity index (χ2n) is 5.20. The van der Waals surface area contributed by atoms with Gasteiger partial charge in [-0.15, -0.1) is 11.8 Å². The molecule has 2 aromatic rings. The first-order valence-corrected chi connectivity index (χ1v) is 9.17. The third-order valence-electron chi connectivity index (χ3n) is 3.61. The molecular formula is C16H18N2OS2. The third-order valence-corrected chi connectivity index (χ3v) is 5.50. The highest BCUT2D eigenvalue weighted by Crippen LogP contribution is 2.33. The molecule has 0 fully saturated rings. The van der Waals surface area contributed by atoms with Gasteiger partial charge in [-0.25, -0.2) is 4.98 Å². The van der Waals surface area contributed by atoms with Crippen molar-refractivity contribution >= 4 is 23.5 Å². The Hall–Kier alpha value is -1.20. The van der Waals surface area contributed by atoms with Gasteiger partial charge >= 0.3 is 0 Å². The summed E-state index contributed by atoms with van der Waals surface area (Å²) in [5.41, 5.74) is 2.37. The van der Waals surface area contributed by atoms with Crippen molar-refractivity contribution in [1.82, 2.24) is 9.55 Å². The first kappa shape index (κ1) is 14.7. The number of benzene rings is 1. The van der Waals surface area contributed by atoms with E-state index in [0.29, 0.717) is 11.8 Å². The summed E-state index contributed by atoms with van der Waals surface area (Å²) in [6, 6.07) is 10.3. The van der Waals surface area contributed by atoms with Crippen LogP contribution in [0.4, 0.5) is 0 Å². The van der Waals surface area contributed by atoms with Crippen LogP contribution in [0.25, 0.3) is 0 Å². The highest BCUT2D eigenvalue weighted by atomic mass is 32.2. The molecule has 1 unspecified atom stereocenters. The van der Waals surface area contributed by atoms with Gasteiger partial charge in [-0.05, 0) is 18.2 Å². The zero-order valence-corrected chi connectivity index (χ0v) is 13.8. The number of hydrogen-bond donors (Lipinski definition) is 0. The van der Waals surface area contributed by atoms with Gasteiger partial charge in [-0.1, -0.05) is 49.0 Å². The van der Waals surface area contributed by atoms with E-state index in [2.05, 4.69) is 19.1 Å².